The molecule has 3 aromatic rings. The predicted octanol–water partition coefficient (Wildman–Crippen LogP) is 4.48. The Bertz CT molecular complexity index is 1020. The molecule has 31 heavy (non-hydrogen) atoms. The van der Waals surface area contributed by atoms with E-state index in [1.165, 1.54) is 12.1 Å². The van der Waals surface area contributed by atoms with Gasteiger partial charge in [0, 0.05) is 50.1 Å². The maximum absolute atomic E-state index is 13.3. The molecule has 2 aromatic heterocycles. The number of benzene rings is 1. The van der Waals surface area contributed by atoms with E-state index in [9.17, 15) is 13.2 Å². The van der Waals surface area contributed by atoms with Crippen molar-refractivity contribution >= 4 is 0 Å². The third kappa shape index (κ3) is 5.32. The Hall–Kier alpha value is -2.71. The van der Waals surface area contributed by atoms with Crippen LogP contribution in [-0.2, 0) is 30.4 Å². The maximum atomic E-state index is 13.3. The summed E-state index contributed by atoms with van der Waals surface area (Å²) in [7, 11) is 0. The topological polar surface area (TPSA) is 43.2 Å². The van der Waals surface area contributed by atoms with E-state index < -0.39 is 11.7 Å². The minimum Gasteiger partial charge on any atom is -0.369 e. The molecule has 8 heteroatoms. The van der Waals surface area contributed by atoms with E-state index in [4.69, 9.17) is 4.74 Å². The average Bonchev–Trinajstić information content (AvgIpc) is 3.21. The van der Waals surface area contributed by atoms with Crippen LogP contribution in [0.4, 0.5) is 13.2 Å². The molecule has 0 amide bonds. The zero-order chi connectivity index (χ0) is 21.8. The number of nitrogens with zero attached hydrogens (tertiary/aromatic N) is 4. The summed E-state index contributed by atoms with van der Waals surface area (Å²) in [6.07, 6.45) is -0.553. The minimum absolute atomic E-state index is 0.121. The van der Waals surface area contributed by atoms with Crippen molar-refractivity contribution < 1.29 is 17.9 Å². The number of morpholine rings is 1. The quantitative estimate of drug-likeness (QED) is 0.578. The number of aryl methyl sites for hydroxylation is 1. The predicted molar refractivity (Wildman–Crippen MR) is 110 cm³/mol. The van der Waals surface area contributed by atoms with Crippen molar-refractivity contribution in [3.63, 3.8) is 0 Å². The van der Waals surface area contributed by atoms with E-state index in [0.717, 1.165) is 37.0 Å². The van der Waals surface area contributed by atoms with Crippen molar-refractivity contribution in [2.45, 2.75) is 38.7 Å². The summed E-state index contributed by atoms with van der Waals surface area (Å²) in [6.45, 7) is 5.72. The van der Waals surface area contributed by atoms with Gasteiger partial charge in [-0.3, -0.25) is 14.6 Å². The van der Waals surface area contributed by atoms with Crippen LogP contribution in [0.15, 0.2) is 54.9 Å². The molecular formula is C23H25F3N4O. The average molecular weight is 430 g/mol. The van der Waals surface area contributed by atoms with Crippen LogP contribution in [0.3, 0.4) is 0 Å². The first kappa shape index (κ1) is 21.5. The molecule has 1 aliphatic heterocycles. The number of hydrogen-bond donors (Lipinski definition) is 0. The van der Waals surface area contributed by atoms with E-state index >= 15 is 0 Å². The second-order valence-corrected chi connectivity index (χ2v) is 7.68. The van der Waals surface area contributed by atoms with Gasteiger partial charge in [-0.25, -0.2) is 0 Å². The number of rotatable bonds is 6. The fourth-order valence-corrected chi connectivity index (χ4v) is 3.87. The standard InChI is InChI=1S/C23H25F3N4O/c1-2-30-15-17(13-27-30)14-29-10-11-31-22(16-29)21-9-5-7-19(28-21)12-18-6-3-4-8-20(18)23(24,25)26/h3-9,13,15,22H,2,10-12,14,16H2,1H3. The number of ether oxygens (including phenoxy) is 1. The third-order valence-corrected chi connectivity index (χ3v) is 5.42. The summed E-state index contributed by atoms with van der Waals surface area (Å²) in [4.78, 5) is 6.93. The van der Waals surface area contributed by atoms with Crippen LogP contribution in [-0.4, -0.2) is 39.4 Å². The Kier molecular flexibility index (Phi) is 6.38. The van der Waals surface area contributed by atoms with Crippen molar-refractivity contribution in [1.29, 1.82) is 0 Å². The molecule has 1 saturated heterocycles. The van der Waals surface area contributed by atoms with E-state index in [-0.39, 0.29) is 18.1 Å². The molecule has 0 saturated carbocycles. The van der Waals surface area contributed by atoms with Gasteiger partial charge < -0.3 is 4.74 Å². The molecule has 5 nitrogen and oxygen atoms in total. The van der Waals surface area contributed by atoms with Gasteiger partial charge in [-0.1, -0.05) is 24.3 Å². The van der Waals surface area contributed by atoms with Crippen LogP contribution >= 0.6 is 0 Å². The number of alkyl halides is 3. The zero-order valence-electron chi connectivity index (χ0n) is 17.3. The lowest BCUT2D eigenvalue weighted by atomic mass is 10.0. The Labute approximate surface area is 179 Å². The van der Waals surface area contributed by atoms with Crippen molar-refractivity contribution in [2.75, 3.05) is 19.7 Å². The van der Waals surface area contributed by atoms with Crippen molar-refractivity contribution in [3.8, 4) is 0 Å². The van der Waals surface area contributed by atoms with Crippen LogP contribution in [0.25, 0.3) is 0 Å². The van der Waals surface area contributed by atoms with Gasteiger partial charge >= 0.3 is 6.18 Å². The summed E-state index contributed by atoms with van der Waals surface area (Å²) >= 11 is 0. The second kappa shape index (κ2) is 9.20. The maximum Gasteiger partial charge on any atom is 0.416 e. The molecular weight excluding hydrogens is 405 g/mol. The number of pyridine rings is 1. The van der Waals surface area contributed by atoms with Crippen LogP contribution in [0.1, 0.15) is 41.1 Å². The molecule has 0 spiro atoms. The molecule has 3 heterocycles. The molecule has 1 aromatic carbocycles. The fourth-order valence-electron chi connectivity index (χ4n) is 3.87. The van der Waals surface area contributed by atoms with Crippen LogP contribution < -0.4 is 0 Å². The highest BCUT2D eigenvalue weighted by Gasteiger charge is 2.33. The second-order valence-electron chi connectivity index (χ2n) is 7.68. The fraction of sp³-hybridized carbons (Fsp3) is 0.391. The monoisotopic (exact) mass is 430 g/mol. The van der Waals surface area contributed by atoms with E-state index in [0.29, 0.717) is 18.8 Å². The molecule has 164 valence electrons. The van der Waals surface area contributed by atoms with Gasteiger partial charge in [0.05, 0.1) is 24.1 Å². The smallest absolute Gasteiger partial charge is 0.369 e. The van der Waals surface area contributed by atoms with Gasteiger partial charge in [0.15, 0.2) is 0 Å². The molecule has 1 unspecified atom stereocenters. The highest BCUT2D eigenvalue weighted by atomic mass is 19.4. The first-order valence-corrected chi connectivity index (χ1v) is 10.4. The van der Waals surface area contributed by atoms with E-state index in [1.807, 2.05) is 36.1 Å². The molecule has 0 aliphatic carbocycles. The minimum atomic E-state index is -4.38. The molecule has 0 N–H and O–H groups in total. The van der Waals surface area contributed by atoms with Gasteiger partial charge in [-0.05, 0) is 30.7 Å². The highest BCUT2D eigenvalue weighted by Crippen LogP contribution is 2.33. The lowest BCUT2D eigenvalue weighted by molar-refractivity contribution is -0.138. The lowest BCUT2D eigenvalue weighted by Gasteiger charge is -2.32. The van der Waals surface area contributed by atoms with Gasteiger partial charge in [0.25, 0.3) is 0 Å². The van der Waals surface area contributed by atoms with Gasteiger partial charge in [-0.2, -0.15) is 18.3 Å². The normalized spacial score (nSPS) is 17.7. The first-order chi connectivity index (χ1) is 14.9. The summed E-state index contributed by atoms with van der Waals surface area (Å²) in [5.41, 5.74) is 2.09. The van der Waals surface area contributed by atoms with E-state index in [2.05, 4.69) is 15.0 Å². The van der Waals surface area contributed by atoms with Gasteiger partial charge in [0.1, 0.15) is 6.10 Å². The molecule has 1 aliphatic rings. The molecule has 4 rings (SSSR count). The highest BCUT2D eigenvalue weighted by molar-refractivity contribution is 5.33. The third-order valence-electron chi connectivity index (χ3n) is 5.42. The lowest BCUT2D eigenvalue weighted by Crippen LogP contribution is -2.38. The number of halogens is 3. The Balaban J connectivity index is 1.47. The summed E-state index contributed by atoms with van der Waals surface area (Å²) in [6, 6.07) is 11.1. The van der Waals surface area contributed by atoms with Gasteiger partial charge in [0.2, 0.25) is 0 Å². The van der Waals surface area contributed by atoms with E-state index in [1.54, 1.807) is 12.1 Å². The Morgan fingerprint density at radius 1 is 1.13 bits per heavy atom. The van der Waals surface area contributed by atoms with Crippen molar-refractivity contribution in [2.24, 2.45) is 0 Å². The SMILES string of the molecule is CCn1cc(CN2CCOC(c3cccc(Cc4ccccc4C(F)(F)F)n3)C2)cn1. The summed E-state index contributed by atoms with van der Waals surface area (Å²) in [5.74, 6) is 0. The van der Waals surface area contributed by atoms with Crippen LogP contribution in [0.2, 0.25) is 0 Å². The molecule has 1 fully saturated rings. The Morgan fingerprint density at radius 2 is 1.97 bits per heavy atom. The molecule has 0 bridgehead atoms. The van der Waals surface area contributed by atoms with Gasteiger partial charge in [-0.15, -0.1) is 0 Å². The van der Waals surface area contributed by atoms with Crippen LogP contribution in [0, 0.1) is 0 Å². The molecule has 1 atom stereocenters. The largest absolute Gasteiger partial charge is 0.416 e. The first-order valence-electron chi connectivity index (χ1n) is 10.4. The summed E-state index contributed by atoms with van der Waals surface area (Å²) in [5, 5.41) is 4.32. The van der Waals surface area contributed by atoms with Crippen molar-refractivity contribution in [3.05, 3.63) is 82.9 Å². The van der Waals surface area contributed by atoms with Crippen LogP contribution in [0.5, 0.6) is 0 Å². The molecule has 0 radical (unpaired) electrons. The van der Waals surface area contributed by atoms with Crippen molar-refractivity contribution in [1.82, 2.24) is 19.7 Å². The number of hydrogen-bond acceptors (Lipinski definition) is 4. The zero-order valence-corrected chi connectivity index (χ0v) is 17.3. The number of aromatic nitrogens is 3. The Morgan fingerprint density at radius 3 is 2.74 bits per heavy atom. The summed E-state index contributed by atoms with van der Waals surface area (Å²) < 4.78 is 47.8.